The second-order valence-electron chi connectivity index (χ2n) is 7.27. The highest BCUT2D eigenvalue weighted by Gasteiger charge is 2.52. The van der Waals surface area contributed by atoms with Gasteiger partial charge in [-0.25, -0.2) is 17.5 Å². The van der Waals surface area contributed by atoms with Crippen LogP contribution >= 0.6 is 0 Å². The molecule has 3 amide bonds. The molecule has 0 bridgehead atoms. The van der Waals surface area contributed by atoms with Crippen molar-refractivity contribution in [2.75, 3.05) is 25.4 Å². The van der Waals surface area contributed by atoms with Crippen molar-refractivity contribution in [3.05, 3.63) is 35.9 Å². The highest BCUT2D eigenvalue weighted by atomic mass is 32.2. The number of carbonyl (C=O) groups is 2. The second-order valence-corrected chi connectivity index (χ2v) is 9.36. The molecule has 1 aromatic carbocycles. The number of unbranched alkanes of at least 4 members (excludes halogenated alkanes) is 1. The van der Waals surface area contributed by atoms with Gasteiger partial charge in [0.05, 0.1) is 5.75 Å². The molecule has 2 aliphatic rings. The predicted molar refractivity (Wildman–Crippen MR) is 103 cm³/mol. The van der Waals surface area contributed by atoms with E-state index in [2.05, 4.69) is 5.32 Å². The Labute approximate surface area is 160 Å². The lowest BCUT2D eigenvalue weighted by Crippen LogP contribution is -2.56. The van der Waals surface area contributed by atoms with E-state index in [1.165, 1.54) is 9.21 Å². The number of rotatable bonds is 7. The van der Waals surface area contributed by atoms with Crippen molar-refractivity contribution in [3.8, 4) is 0 Å². The maximum absolute atomic E-state index is 12.9. The van der Waals surface area contributed by atoms with Gasteiger partial charge in [0, 0.05) is 19.6 Å². The van der Waals surface area contributed by atoms with Crippen molar-refractivity contribution in [1.82, 2.24) is 14.5 Å². The van der Waals surface area contributed by atoms with E-state index in [9.17, 15) is 18.0 Å². The topological polar surface area (TPSA) is 86.8 Å². The van der Waals surface area contributed by atoms with Crippen molar-refractivity contribution in [2.45, 2.75) is 44.6 Å². The van der Waals surface area contributed by atoms with Crippen LogP contribution < -0.4 is 5.32 Å². The summed E-state index contributed by atoms with van der Waals surface area (Å²) in [6.07, 6.45) is 2.71. The third-order valence-corrected chi connectivity index (χ3v) is 7.39. The van der Waals surface area contributed by atoms with Gasteiger partial charge in [0.25, 0.3) is 5.91 Å². The number of urea groups is 1. The zero-order chi connectivity index (χ0) is 19.5. The van der Waals surface area contributed by atoms with E-state index in [-0.39, 0.29) is 30.8 Å². The minimum atomic E-state index is -3.29. The average molecular weight is 394 g/mol. The first-order chi connectivity index (χ1) is 12.9. The van der Waals surface area contributed by atoms with Gasteiger partial charge in [0.1, 0.15) is 5.54 Å². The Morgan fingerprint density at radius 3 is 2.41 bits per heavy atom. The van der Waals surface area contributed by atoms with Crippen LogP contribution in [0.15, 0.2) is 30.3 Å². The number of amides is 3. The van der Waals surface area contributed by atoms with Gasteiger partial charge in [-0.1, -0.05) is 43.7 Å². The van der Waals surface area contributed by atoms with Crippen molar-refractivity contribution in [1.29, 1.82) is 0 Å². The lowest BCUT2D eigenvalue weighted by Gasteiger charge is -2.36. The fourth-order valence-corrected chi connectivity index (χ4v) is 5.36. The Kier molecular flexibility index (Phi) is 5.86. The number of hydrogen-bond donors (Lipinski definition) is 1. The Hall–Kier alpha value is -1.93. The molecule has 1 aromatic rings. The minimum absolute atomic E-state index is 0.139. The first kappa shape index (κ1) is 19.8. The van der Waals surface area contributed by atoms with Crippen molar-refractivity contribution in [2.24, 2.45) is 0 Å². The number of piperidine rings is 1. The van der Waals surface area contributed by atoms with E-state index in [4.69, 9.17) is 0 Å². The zero-order valence-corrected chi connectivity index (χ0v) is 16.5. The van der Waals surface area contributed by atoms with Gasteiger partial charge in [-0.3, -0.25) is 9.69 Å². The summed E-state index contributed by atoms with van der Waals surface area (Å²) in [6, 6.07) is 9.34. The fraction of sp³-hybridized carbons (Fsp3) is 0.579. The predicted octanol–water partition coefficient (Wildman–Crippen LogP) is 1.75. The molecule has 148 valence electrons. The molecule has 0 radical (unpaired) electrons. The van der Waals surface area contributed by atoms with Gasteiger partial charge in [-0.2, -0.15) is 0 Å². The van der Waals surface area contributed by atoms with Gasteiger partial charge in [0.15, 0.2) is 0 Å². The van der Waals surface area contributed by atoms with Crippen molar-refractivity contribution >= 4 is 22.0 Å². The largest absolute Gasteiger partial charge is 0.325 e. The molecule has 0 saturated carbocycles. The maximum Gasteiger partial charge on any atom is 0.325 e. The van der Waals surface area contributed by atoms with Crippen LogP contribution in [0.25, 0.3) is 0 Å². The van der Waals surface area contributed by atoms with E-state index < -0.39 is 15.6 Å². The monoisotopic (exact) mass is 393 g/mol. The van der Waals surface area contributed by atoms with Crippen molar-refractivity contribution in [3.63, 3.8) is 0 Å². The first-order valence-corrected chi connectivity index (χ1v) is 11.1. The summed E-state index contributed by atoms with van der Waals surface area (Å²) in [5.41, 5.74) is 0.112. The molecular weight excluding hydrogens is 366 g/mol. The third kappa shape index (κ3) is 4.16. The molecule has 2 saturated heterocycles. The summed E-state index contributed by atoms with van der Waals surface area (Å²) < 4.78 is 26.2. The lowest BCUT2D eigenvalue weighted by atomic mass is 9.88. The van der Waals surface area contributed by atoms with E-state index in [1.807, 2.05) is 37.3 Å². The molecule has 0 aliphatic carbocycles. The van der Waals surface area contributed by atoms with Gasteiger partial charge in [0.2, 0.25) is 10.0 Å². The molecule has 3 rings (SSSR count). The normalized spacial score (nSPS) is 20.3. The number of nitrogens with one attached hydrogen (secondary N) is 1. The maximum atomic E-state index is 12.9. The molecule has 27 heavy (non-hydrogen) atoms. The molecule has 2 aliphatic heterocycles. The van der Waals surface area contributed by atoms with Crippen LogP contribution in [0.5, 0.6) is 0 Å². The minimum Gasteiger partial charge on any atom is -0.323 e. The Balaban J connectivity index is 1.61. The van der Waals surface area contributed by atoms with Gasteiger partial charge >= 0.3 is 6.03 Å². The highest BCUT2D eigenvalue weighted by molar-refractivity contribution is 7.89. The Bertz CT molecular complexity index is 786. The number of benzene rings is 1. The summed E-state index contributed by atoms with van der Waals surface area (Å²) in [4.78, 5) is 26.6. The Morgan fingerprint density at radius 2 is 1.78 bits per heavy atom. The van der Waals surface area contributed by atoms with E-state index in [0.29, 0.717) is 32.2 Å². The summed E-state index contributed by atoms with van der Waals surface area (Å²) in [5, 5.41) is 2.84. The smallest absolute Gasteiger partial charge is 0.323 e. The third-order valence-electron chi connectivity index (χ3n) is 5.44. The number of imide groups is 1. The number of nitrogens with zero attached hydrogens (tertiary/aromatic N) is 2. The van der Waals surface area contributed by atoms with Crippen LogP contribution in [-0.4, -0.2) is 60.5 Å². The summed E-state index contributed by atoms with van der Waals surface area (Å²) in [7, 11) is -3.29. The number of carbonyl (C=O) groups excluding carboxylic acids is 2. The summed E-state index contributed by atoms with van der Waals surface area (Å²) in [6.45, 7) is 2.82. The molecule has 2 fully saturated rings. The lowest BCUT2D eigenvalue weighted by molar-refractivity contribution is -0.132. The van der Waals surface area contributed by atoms with Gasteiger partial charge in [-0.05, 0) is 31.2 Å². The zero-order valence-electron chi connectivity index (χ0n) is 15.7. The molecule has 2 heterocycles. The standard InChI is InChI=1S/C19H27N3O4S/c1-2-3-15-27(25,26)21-13-10-19(11-14-21)17(23)22(18(24)20-19)12-9-16-7-5-4-6-8-16/h4-8H,2-3,9-15H2,1H3,(H,20,24). The van der Waals surface area contributed by atoms with E-state index >= 15 is 0 Å². The van der Waals surface area contributed by atoms with E-state index in [1.54, 1.807) is 0 Å². The molecule has 8 heteroatoms. The van der Waals surface area contributed by atoms with Crippen LogP contribution in [0.4, 0.5) is 4.79 Å². The molecule has 0 unspecified atom stereocenters. The summed E-state index contributed by atoms with van der Waals surface area (Å²) in [5.74, 6) is -0.0888. The second kappa shape index (κ2) is 7.98. The van der Waals surface area contributed by atoms with E-state index in [0.717, 1.165) is 12.0 Å². The SMILES string of the molecule is CCCCS(=O)(=O)N1CCC2(CC1)NC(=O)N(CCc1ccccc1)C2=O. The Morgan fingerprint density at radius 1 is 1.11 bits per heavy atom. The van der Waals surface area contributed by atoms with Gasteiger partial charge < -0.3 is 5.32 Å². The van der Waals surface area contributed by atoms with Crippen LogP contribution in [0.3, 0.4) is 0 Å². The quantitative estimate of drug-likeness (QED) is 0.715. The number of sulfonamides is 1. The molecule has 7 nitrogen and oxygen atoms in total. The van der Waals surface area contributed by atoms with Crippen molar-refractivity contribution < 1.29 is 18.0 Å². The van der Waals surface area contributed by atoms with Gasteiger partial charge in [-0.15, -0.1) is 0 Å². The van der Waals surface area contributed by atoms with Crippen LogP contribution in [-0.2, 0) is 21.2 Å². The van der Waals surface area contributed by atoms with Crippen LogP contribution in [0, 0.1) is 0 Å². The molecule has 1 spiro atoms. The molecule has 0 atom stereocenters. The average Bonchev–Trinajstić information content (AvgIpc) is 2.89. The summed E-state index contributed by atoms with van der Waals surface area (Å²) >= 11 is 0. The fourth-order valence-electron chi connectivity index (χ4n) is 3.71. The molecule has 1 N–H and O–H groups in total. The molecular formula is C19H27N3O4S. The first-order valence-electron chi connectivity index (χ1n) is 9.54. The highest BCUT2D eigenvalue weighted by Crippen LogP contribution is 2.30. The number of hydrogen-bond acceptors (Lipinski definition) is 4. The molecule has 0 aromatic heterocycles. The van der Waals surface area contributed by atoms with Crippen LogP contribution in [0.2, 0.25) is 0 Å². The van der Waals surface area contributed by atoms with Crippen LogP contribution in [0.1, 0.15) is 38.2 Å².